The van der Waals surface area contributed by atoms with Crippen LogP contribution in [0.1, 0.15) is 227 Å². The van der Waals surface area contributed by atoms with Gasteiger partial charge in [-0.25, -0.2) is 4.98 Å². The molecule has 3 aliphatic heterocycles. The molecule has 8 aromatic carbocycles. The molecule has 0 N–H and O–H groups in total. The number of alkyl halides is 5. The van der Waals surface area contributed by atoms with Crippen molar-refractivity contribution in [3.8, 4) is 50.8 Å². The zero-order valence-corrected chi connectivity index (χ0v) is 68.0. The number of benzene rings is 8. The third-order valence-corrected chi connectivity index (χ3v) is 20.2. The second-order valence-electron chi connectivity index (χ2n) is 30.5. The summed E-state index contributed by atoms with van der Waals surface area (Å²) in [5.41, 5.74) is 15.7. The minimum atomic E-state index is -4.36. The quantitative estimate of drug-likeness (QED) is 0.108. The molecular weight excluding hydrogens is 1440 g/mol. The first-order valence-corrected chi connectivity index (χ1v) is 39.3. The number of nitrogens with zero attached hydrogens (tertiary/aromatic N) is 3. The van der Waals surface area contributed by atoms with Crippen LogP contribution in [-0.4, -0.2) is 47.9 Å². The van der Waals surface area contributed by atoms with Crippen molar-refractivity contribution in [1.82, 2.24) is 15.0 Å². The van der Waals surface area contributed by atoms with Gasteiger partial charge < -0.3 is 42.0 Å². The fraction of sp³-hybridized carbons (Fsp3) is 0.351. The van der Waals surface area contributed by atoms with Gasteiger partial charge in [0, 0.05) is 52.3 Å². The molecule has 0 bridgehead atoms. The molecule has 12 nitrogen and oxygen atoms in total. The van der Waals surface area contributed by atoms with Gasteiger partial charge in [-0.2, -0.15) is 13.2 Å². The molecule has 0 radical (unpaired) electrons. The summed E-state index contributed by atoms with van der Waals surface area (Å²) >= 11 is 1.60. The Morgan fingerprint density at radius 2 is 1.01 bits per heavy atom. The van der Waals surface area contributed by atoms with Gasteiger partial charge in [0.15, 0.2) is 23.0 Å². The second-order valence-corrected chi connectivity index (χ2v) is 31.5. The zero-order valence-electron chi connectivity index (χ0n) is 67.2. The van der Waals surface area contributed by atoms with Crippen molar-refractivity contribution in [2.24, 2.45) is 0 Å². The smallest absolute Gasteiger partial charge is 0.493 e. The van der Waals surface area contributed by atoms with Crippen LogP contribution in [0.25, 0.3) is 54.2 Å². The third-order valence-electron chi connectivity index (χ3n) is 19.2. The molecule has 112 heavy (non-hydrogen) atoms. The lowest BCUT2D eigenvalue weighted by molar-refractivity contribution is -0.286. The molecule has 5 aromatic heterocycles. The van der Waals surface area contributed by atoms with E-state index in [4.69, 9.17) is 32.5 Å². The number of rotatable bonds is 12. The average molecular weight is 1550 g/mol. The maximum atomic E-state index is 12.9. The van der Waals surface area contributed by atoms with E-state index in [1.165, 1.54) is 85.6 Å². The van der Waals surface area contributed by atoms with Crippen molar-refractivity contribution < 1.29 is 63.9 Å². The van der Waals surface area contributed by atoms with Gasteiger partial charge in [-0.05, 0) is 219 Å². The van der Waals surface area contributed by atoms with E-state index in [1.807, 2.05) is 70.3 Å². The van der Waals surface area contributed by atoms with Crippen LogP contribution < -0.4 is 33.2 Å². The molecule has 0 spiro atoms. The number of thiazole rings is 1. The lowest BCUT2D eigenvalue weighted by Gasteiger charge is -2.14. The van der Waals surface area contributed by atoms with Crippen LogP contribution in [0.2, 0.25) is 0 Å². The Labute approximate surface area is 659 Å². The summed E-state index contributed by atoms with van der Waals surface area (Å²) in [5, 5.41) is 3.65. The number of furan rings is 2. The first-order chi connectivity index (χ1) is 53.4. The Morgan fingerprint density at radius 1 is 0.473 bits per heavy atom. The molecule has 1 fully saturated rings. The number of pyridine rings is 2. The van der Waals surface area contributed by atoms with Crippen LogP contribution >= 0.6 is 11.3 Å². The summed E-state index contributed by atoms with van der Waals surface area (Å²) in [6.45, 7) is 35.3. The fourth-order valence-electron chi connectivity index (χ4n) is 12.1. The summed E-state index contributed by atoms with van der Waals surface area (Å²) in [6.07, 6.45) is 4.52. The molecule has 1 saturated carbocycles. The van der Waals surface area contributed by atoms with Crippen LogP contribution in [0.3, 0.4) is 0 Å². The Balaban J connectivity index is 0.000000137. The van der Waals surface area contributed by atoms with Gasteiger partial charge in [0.25, 0.3) is 5.19 Å². The molecule has 590 valence electrons. The molecule has 18 heteroatoms. The van der Waals surface area contributed by atoms with Crippen LogP contribution in [0, 0.1) is 0 Å². The molecule has 13 aromatic rings. The second kappa shape index (κ2) is 38.2. The molecule has 8 heterocycles. The number of aromatic nitrogens is 3. The topological polar surface area (TPSA) is 130 Å². The monoisotopic (exact) mass is 1550 g/mol. The standard InChI is InChI=1S/C17H19NO.C13H12F3N.C11H13NOS.C11H14O.2C11H12O.C10H10F2O2.C10H12O2/c1-12(2)13-5-8-17(19-15-6-7-15)16(10-13)14-4-3-9-18-11-14;1-8(2)10-6-9-4-3-5-17-12(9)11(7-10)13(14,15)16;1-7(2)8-4-5-9-10(6-8)14-11(12-9)13-3;2*1-8(2)9-3-4-11-10(7-9)5-6-12-11;1-8(2)10-4-3-9-5-6-12-11(9)7-10;1-6(2)7-3-4-8-9(5-7)14-10(11,12)13-8;1-7(2)8-3-4-9-10(5-8)12-6-11-9/h3-5,8-12,15H,6-7H2,1-2H3;3-8H,1-2H3;4-7H,1-3H3;3-4,7-8H,5-6H2,1-2H3;2*3-8H,1-2H3;3-6H,1-2H3;3-5,7H,6H2,1-2H3. The maximum absolute atomic E-state index is 12.9. The molecule has 0 atom stereocenters. The highest BCUT2D eigenvalue weighted by Crippen LogP contribution is 2.44. The molecule has 17 rings (SSSR count). The highest BCUT2D eigenvalue weighted by atomic mass is 32.1. The van der Waals surface area contributed by atoms with Gasteiger partial charge >= 0.3 is 12.5 Å². The highest BCUT2D eigenvalue weighted by Gasteiger charge is 2.43. The van der Waals surface area contributed by atoms with E-state index < -0.39 is 18.0 Å². The Bertz CT molecular complexity index is 5050. The Kier molecular flexibility index (Phi) is 28.6. The van der Waals surface area contributed by atoms with E-state index in [0.29, 0.717) is 59.4 Å². The van der Waals surface area contributed by atoms with Gasteiger partial charge in [0.2, 0.25) is 6.79 Å². The van der Waals surface area contributed by atoms with Crippen molar-refractivity contribution in [1.29, 1.82) is 0 Å². The number of fused-ring (bicyclic) bond motifs is 7. The van der Waals surface area contributed by atoms with Crippen molar-refractivity contribution in [3.63, 3.8) is 0 Å². The van der Waals surface area contributed by atoms with Gasteiger partial charge in [-0.1, -0.05) is 189 Å². The summed E-state index contributed by atoms with van der Waals surface area (Å²) in [6, 6.07) is 57.4. The average Bonchev–Trinajstić information content (AvgIpc) is 1.45. The lowest BCUT2D eigenvalue weighted by atomic mass is 9.97. The van der Waals surface area contributed by atoms with Crippen molar-refractivity contribution in [2.75, 3.05) is 20.5 Å². The molecule has 4 aliphatic rings. The largest absolute Gasteiger partial charge is 0.586 e. The van der Waals surface area contributed by atoms with E-state index in [2.05, 4.69) is 205 Å². The van der Waals surface area contributed by atoms with E-state index >= 15 is 0 Å². The Hall–Kier alpha value is -10.5. The predicted molar refractivity (Wildman–Crippen MR) is 442 cm³/mol. The summed E-state index contributed by atoms with van der Waals surface area (Å²) in [7, 11) is 1.65. The van der Waals surface area contributed by atoms with Crippen LogP contribution in [0.4, 0.5) is 22.0 Å². The lowest BCUT2D eigenvalue weighted by Crippen LogP contribution is -2.25. The van der Waals surface area contributed by atoms with Gasteiger partial charge in [0.05, 0.1) is 53.6 Å². The minimum absolute atomic E-state index is 0.0180. The number of hydrogen-bond acceptors (Lipinski definition) is 13. The summed E-state index contributed by atoms with van der Waals surface area (Å²) in [4.78, 5) is 12.4. The predicted octanol–water partition coefficient (Wildman–Crippen LogP) is 27.7. The first-order valence-electron chi connectivity index (χ1n) is 38.5. The van der Waals surface area contributed by atoms with Gasteiger partial charge in [-0.15, -0.1) is 8.78 Å². The van der Waals surface area contributed by atoms with E-state index in [1.54, 1.807) is 67.5 Å². The SMILES string of the molecule is CC(C)c1cc(C(F)(F)F)c2ncccc2c1.CC(C)c1ccc(OC2CC2)c(-c2cccnc2)c1.CC(C)c1ccc2c(c1)CCO2.CC(C)c1ccc2c(c1)OC(F)(F)O2.CC(C)c1ccc2c(c1)OCO2.CC(C)c1ccc2ccoc2c1.CC(C)c1ccc2occc2c1.COc1nc2ccc(C(C)C)cc2s1. The van der Waals surface area contributed by atoms with Crippen molar-refractivity contribution in [3.05, 3.63) is 263 Å². The van der Waals surface area contributed by atoms with Crippen molar-refractivity contribution >= 4 is 54.4 Å². The van der Waals surface area contributed by atoms with Crippen LogP contribution in [-0.2, 0) is 12.6 Å². The zero-order chi connectivity index (χ0) is 80.6. The van der Waals surface area contributed by atoms with Crippen LogP contribution in [0.15, 0.2) is 216 Å². The molecule has 0 amide bonds. The number of ether oxygens (including phenoxy) is 7. The third kappa shape index (κ3) is 23.1. The van der Waals surface area contributed by atoms with Gasteiger partial charge in [0.1, 0.15) is 22.7 Å². The minimum Gasteiger partial charge on any atom is -0.493 e. The van der Waals surface area contributed by atoms with E-state index in [0.717, 1.165) is 74.6 Å². The maximum Gasteiger partial charge on any atom is 0.586 e. The number of methoxy groups -OCH3 is 1. The molecule has 0 saturated heterocycles. The summed E-state index contributed by atoms with van der Waals surface area (Å²) < 4.78 is 111. The number of halogens is 5. The molecular formula is C94H104F5N3O9S. The van der Waals surface area contributed by atoms with Gasteiger partial charge in [-0.3, -0.25) is 9.97 Å². The molecule has 0 unspecified atom stereocenters. The van der Waals surface area contributed by atoms with E-state index in [9.17, 15) is 22.0 Å². The highest BCUT2D eigenvalue weighted by molar-refractivity contribution is 7.20. The van der Waals surface area contributed by atoms with Crippen LogP contribution in [0.5, 0.6) is 39.7 Å². The number of hydrogen-bond donors (Lipinski definition) is 0. The Morgan fingerprint density at radius 3 is 1.65 bits per heavy atom. The summed E-state index contributed by atoms with van der Waals surface area (Å²) in [5.74, 6) is 7.75. The van der Waals surface area contributed by atoms with Crippen molar-refractivity contribution in [2.45, 2.75) is 196 Å². The molecule has 1 aliphatic carbocycles. The van der Waals surface area contributed by atoms with E-state index in [-0.39, 0.29) is 28.9 Å². The fourth-order valence-corrected chi connectivity index (χ4v) is 12.9. The normalized spacial score (nSPS) is 13.4. The first kappa shape index (κ1) is 84.0.